The number of carbonyl (C=O) groups is 2. The number of carbonyl (C=O) groups excluding carboxylic acids is 2. The minimum atomic E-state index is -0.530. The maximum atomic E-state index is 12.1. The molecule has 2 heterocycles. The molecule has 116 valence electrons. The van der Waals surface area contributed by atoms with Gasteiger partial charge in [-0.1, -0.05) is 12.2 Å². The summed E-state index contributed by atoms with van der Waals surface area (Å²) in [5, 5.41) is 14.3. The van der Waals surface area contributed by atoms with Crippen LogP contribution in [0.15, 0.2) is 17.1 Å². The van der Waals surface area contributed by atoms with E-state index in [9.17, 15) is 9.59 Å². The van der Waals surface area contributed by atoms with E-state index in [-0.39, 0.29) is 12.5 Å². The van der Waals surface area contributed by atoms with Gasteiger partial charge in [0.1, 0.15) is 6.17 Å². The number of urea groups is 1. The molecule has 2 aliphatic rings. The smallest absolute Gasteiger partial charge is 0.325 e. The van der Waals surface area contributed by atoms with Crippen LogP contribution in [-0.2, 0) is 4.79 Å². The molecule has 2 saturated heterocycles. The highest BCUT2D eigenvalue weighted by Crippen LogP contribution is 2.21. The van der Waals surface area contributed by atoms with Crippen LogP contribution in [0.4, 0.5) is 4.79 Å². The first-order chi connectivity index (χ1) is 9.95. The van der Waals surface area contributed by atoms with Gasteiger partial charge in [0.15, 0.2) is 12.0 Å². The number of guanidine groups is 1. The third-order valence-corrected chi connectivity index (χ3v) is 3.44. The number of amides is 3. The number of rotatable bonds is 5. The van der Waals surface area contributed by atoms with Gasteiger partial charge in [-0.25, -0.2) is 4.79 Å². The predicted octanol–water partition coefficient (Wildman–Crippen LogP) is -0.918. The van der Waals surface area contributed by atoms with Gasteiger partial charge in [-0.15, -0.1) is 0 Å². The Labute approximate surface area is 123 Å². The monoisotopic (exact) mass is 295 g/mol. The molecule has 8 heteroatoms. The third-order valence-electron chi connectivity index (χ3n) is 3.44. The summed E-state index contributed by atoms with van der Waals surface area (Å²) in [5.74, 6) is 0.211. The molecule has 2 atom stereocenters. The third kappa shape index (κ3) is 2.99. The van der Waals surface area contributed by atoms with Crippen molar-refractivity contribution < 1.29 is 14.7 Å². The molecule has 3 N–H and O–H groups in total. The SMILES string of the molecule is C=C(C)CN1C(=NCCCO)NC2C1C(=O)NC(=O)N2C. The second kappa shape index (κ2) is 6.13. The first-order valence-electron chi connectivity index (χ1n) is 6.86. The Morgan fingerprint density at radius 3 is 2.81 bits per heavy atom. The number of hydrogen-bond donors (Lipinski definition) is 3. The van der Waals surface area contributed by atoms with Crippen LogP contribution in [0.1, 0.15) is 13.3 Å². The molecule has 3 amide bonds. The average Bonchev–Trinajstić information content (AvgIpc) is 2.75. The standard InChI is InChI=1S/C13H21N5O3/c1-8(2)7-18-9-10(15-12(18)14-5-4-6-19)17(3)13(21)16-11(9)20/h9-10,19H,1,4-7H2,2-3H3,(H,14,15)(H,16,20,21). The molecule has 2 aliphatic heterocycles. The summed E-state index contributed by atoms with van der Waals surface area (Å²) in [7, 11) is 1.63. The van der Waals surface area contributed by atoms with Gasteiger partial charge in [0.05, 0.1) is 0 Å². The maximum Gasteiger partial charge on any atom is 0.325 e. The Morgan fingerprint density at radius 1 is 1.48 bits per heavy atom. The number of fused-ring (bicyclic) bond motifs is 1. The Kier molecular flexibility index (Phi) is 4.46. The number of likely N-dealkylation sites (N-methyl/N-ethyl adjacent to an activating group) is 1. The molecule has 0 aromatic carbocycles. The molecule has 0 saturated carbocycles. The Morgan fingerprint density at radius 2 is 2.19 bits per heavy atom. The molecule has 2 unspecified atom stereocenters. The van der Waals surface area contributed by atoms with Gasteiger partial charge in [-0.3, -0.25) is 15.1 Å². The van der Waals surface area contributed by atoms with Crippen LogP contribution < -0.4 is 10.6 Å². The number of imide groups is 1. The second-order valence-electron chi connectivity index (χ2n) is 5.31. The van der Waals surface area contributed by atoms with Crippen molar-refractivity contribution in [3.8, 4) is 0 Å². The van der Waals surface area contributed by atoms with E-state index >= 15 is 0 Å². The fourth-order valence-electron chi connectivity index (χ4n) is 2.44. The van der Waals surface area contributed by atoms with Crippen LogP contribution in [0.5, 0.6) is 0 Å². The topological polar surface area (TPSA) is 97.3 Å². The summed E-state index contributed by atoms with van der Waals surface area (Å²) in [6.07, 6.45) is 0.0982. The lowest BCUT2D eigenvalue weighted by molar-refractivity contribution is -0.126. The van der Waals surface area contributed by atoms with Crippen LogP contribution in [0.2, 0.25) is 0 Å². The molecule has 0 aromatic heterocycles. The zero-order valence-electron chi connectivity index (χ0n) is 12.3. The fraction of sp³-hybridized carbons (Fsp3) is 0.615. The molecule has 2 fully saturated rings. The van der Waals surface area contributed by atoms with Crippen molar-refractivity contribution in [3.63, 3.8) is 0 Å². The largest absolute Gasteiger partial charge is 0.396 e. The molecule has 0 radical (unpaired) electrons. The summed E-state index contributed by atoms with van der Waals surface area (Å²) < 4.78 is 0. The van der Waals surface area contributed by atoms with Crippen LogP contribution in [-0.4, -0.2) is 71.8 Å². The first kappa shape index (κ1) is 15.3. The van der Waals surface area contributed by atoms with Gasteiger partial charge < -0.3 is 20.2 Å². The summed E-state index contributed by atoms with van der Waals surface area (Å²) in [5.41, 5.74) is 0.889. The molecule has 0 aliphatic carbocycles. The molecule has 0 bridgehead atoms. The summed E-state index contributed by atoms with van der Waals surface area (Å²) in [6, 6.07) is -0.960. The molecule has 8 nitrogen and oxygen atoms in total. The fourth-order valence-corrected chi connectivity index (χ4v) is 2.44. The highest BCUT2D eigenvalue weighted by atomic mass is 16.3. The van der Waals surface area contributed by atoms with Crippen molar-refractivity contribution in [1.82, 2.24) is 20.4 Å². The lowest BCUT2D eigenvalue weighted by Crippen LogP contribution is -2.64. The van der Waals surface area contributed by atoms with Crippen molar-refractivity contribution in [2.24, 2.45) is 4.99 Å². The Bertz CT molecular complexity index is 490. The van der Waals surface area contributed by atoms with Gasteiger partial charge in [0.2, 0.25) is 0 Å². The van der Waals surface area contributed by atoms with E-state index in [4.69, 9.17) is 5.11 Å². The number of hydrogen-bond acceptors (Lipinski definition) is 4. The predicted molar refractivity (Wildman–Crippen MR) is 77.5 cm³/mol. The quantitative estimate of drug-likeness (QED) is 0.450. The zero-order valence-corrected chi connectivity index (χ0v) is 12.3. The first-order valence-corrected chi connectivity index (χ1v) is 6.86. The summed E-state index contributed by atoms with van der Waals surface area (Å²) >= 11 is 0. The van der Waals surface area contributed by atoms with E-state index in [2.05, 4.69) is 22.2 Å². The van der Waals surface area contributed by atoms with Gasteiger partial charge in [-0.2, -0.15) is 0 Å². The molecule has 21 heavy (non-hydrogen) atoms. The second-order valence-corrected chi connectivity index (χ2v) is 5.31. The number of nitrogens with zero attached hydrogens (tertiary/aromatic N) is 3. The Hall–Kier alpha value is -2.09. The maximum absolute atomic E-state index is 12.1. The van der Waals surface area contributed by atoms with Crippen molar-refractivity contribution in [2.45, 2.75) is 25.6 Å². The lowest BCUT2D eigenvalue weighted by atomic mass is 10.1. The van der Waals surface area contributed by atoms with E-state index in [0.717, 1.165) is 5.57 Å². The van der Waals surface area contributed by atoms with Gasteiger partial charge in [0, 0.05) is 26.7 Å². The minimum Gasteiger partial charge on any atom is -0.396 e. The van der Waals surface area contributed by atoms with Crippen LogP contribution in [0.3, 0.4) is 0 Å². The number of aliphatic hydroxyl groups is 1. The molecule has 0 aromatic rings. The molecule has 0 spiro atoms. The van der Waals surface area contributed by atoms with Crippen LogP contribution in [0, 0.1) is 0 Å². The van der Waals surface area contributed by atoms with Crippen molar-refractivity contribution in [1.29, 1.82) is 0 Å². The van der Waals surface area contributed by atoms with E-state index in [1.165, 1.54) is 4.90 Å². The van der Waals surface area contributed by atoms with E-state index in [0.29, 0.717) is 25.5 Å². The minimum absolute atomic E-state index is 0.0585. The number of aliphatic hydroxyl groups excluding tert-OH is 1. The number of aliphatic imine (C=N–C) groups is 1. The van der Waals surface area contributed by atoms with Gasteiger partial charge in [0.25, 0.3) is 5.91 Å². The Balaban J connectivity index is 2.26. The highest BCUT2D eigenvalue weighted by molar-refractivity contribution is 6.04. The average molecular weight is 295 g/mol. The van der Waals surface area contributed by atoms with Crippen molar-refractivity contribution >= 4 is 17.9 Å². The molecule has 2 rings (SSSR count). The number of nitrogens with one attached hydrogen (secondary N) is 2. The van der Waals surface area contributed by atoms with Gasteiger partial charge in [-0.05, 0) is 13.3 Å². The normalized spacial score (nSPS) is 26.7. The summed E-state index contributed by atoms with van der Waals surface area (Å²) in [4.78, 5) is 31.5. The van der Waals surface area contributed by atoms with E-state index in [1.54, 1.807) is 7.05 Å². The van der Waals surface area contributed by atoms with E-state index in [1.807, 2.05) is 11.8 Å². The zero-order chi connectivity index (χ0) is 15.6. The van der Waals surface area contributed by atoms with E-state index < -0.39 is 18.2 Å². The summed E-state index contributed by atoms with van der Waals surface area (Å²) in [6.45, 7) is 6.72. The lowest BCUT2D eigenvalue weighted by Gasteiger charge is -2.35. The van der Waals surface area contributed by atoms with Gasteiger partial charge >= 0.3 is 6.03 Å². The molecular weight excluding hydrogens is 274 g/mol. The van der Waals surface area contributed by atoms with Crippen LogP contribution in [0.25, 0.3) is 0 Å². The van der Waals surface area contributed by atoms with Crippen LogP contribution >= 0.6 is 0 Å². The van der Waals surface area contributed by atoms with Crippen molar-refractivity contribution in [3.05, 3.63) is 12.2 Å². The highest BCUT2D eigenvalue weighted by Gasteiger charge is 2.49. The van der Waals surface area contributed by atoms with Crippen molar-refractivity contribution in [2.75, 3.05) is 26.7 Å². The molecular formula is C13H21N5O3.